The standard InChI is InChI=1S/C15H21F3N2/c1-2-12-4-3-5-14(10-12)19-13-6-8-20(9-7-13)11-15(16,17)18/h3-5,10,13,19H,2,6-9,11H2,1H3. The third kappa shape index (κ3) is 4.71. The molecule has 2 nitrogen and oxygen atoms in total. The lowest BCUT2D eigenvalue weighted by Gasteiger charge is -2.33. The molecule has 1 aliphatic heterocycles. The fourth-order valence-electron chi connectivity index (χ4n) is 2.61. The predicted octanol–water partition coefficient (Wildman–Crippen LogP) is 3.69. The summed E-state index contributed by atoms with van der Waals surface area (Å²) in [5.74, 6) is 0. The summed E-state index contributed by atoms with van der Waals surface area (Å²) in [5, 5.41) is 3.43. The molecular weight excluding hydrogens is 265 g/mol. The summed E-state index contributed by atoms with van der Waals surface area (Å²) in [7, 11) is 0. The molecule has 5 heteroatoms. The highest BCUT2D eigenvalue weighted by Gasteiger charge is 2.32. The lowest BCUT2D eigenvalue weighted by molar-refractivity contribution is -0.147. The summed E-state index contributed by atoms with van der Waals surface area (Å²) in [4.78, 5) is 1.49. The van der Waals surface area contributed by atoms with Crippen LogP contribution in [-0.2, 0) is 6.42 Å². The minimum absolute atomic E-state index is 0.270. The number of nitrogens with one attached hydrogen (secondary N) is 1. The SMILES string of the molecule is CCc1cccc(NC2CCN(CC(F)(F)F)CC2)c1. The van der Waals surface area contributed by atoms with Crippen molar-refractivity contribution in [3.05, 3.63) is 29.8 Å². The molecule has 112 valence electrons. The molecule has 1 heterocycles. The van der Waals surface area contributed by atoms with E-state index in [1.54, 1.807) is 0 Å². The maximum absolute atomic E-state index is 12.3. The first-order valence-electron chi connectivity index (χ1n) is 7.11. The van der Waals surface area contributed by atoms with E-state index in [9.17, 15) is 13.2 Å². The molecule has 20 heavy (non-hydrogen) atoms. The summed E-state index contributed by atoms with van der Waals surface area (Å²) in [5.41, 5.74) is 2.34. The van der Waals surface area contributed by atoms with Crippen molar-refractivity contribution in [1.82, 2.24) is 4.90 Å². The fourth-order valence-corrected chi connectivity index (χ4v) is 2.61. The van der Waals surface area contributed by atoms with Crippen LogP contribution in [0.4, 0.5) is 18.9 Å². The number of halogens is 3. The lowest BCUT2D eigenvalue weighted by atomic mass is 10.0. The summed E-state index contributed by atoms with van der Waals surface area (Å²) in [6.07, 6.45) is -1.59. The molecule has 2 rings (SSSR count). The molecule has 0 atom stereocenters. The number of hydrogen-bond donors (Lipinski definition) is 1. The van der Waals surface area contributed by atoms with Crippen molar-refractivity contribution >= 4 is 5.69 Å². The van der Waals surface area contributed by atoms with Gasteiger partial charge in [0.1, 0.15) is 0 Å². The number of aryl methyl sites for hydroxylation is 1. The largest absolute Gasteiger partial charge is 0.401 e. The molecule has 0 unspecified atom stereocenters. The van der Waals surface area contributed by atoms with Crippen LogP contribution in [0.15, 0.2) is 24.3 Å². The van der Waals surface area contributed by atoms with E-state index in [0.717, 1.165) is 24.9 Å². The zero-order chi connectivity index (χ0) is 14.6. The molecule has 1 aromatic carbocycles. The number of nitrogens with zero attached hydrogens (tertiary/aromatic N) is 1. The van der Waals surface area contributed by atoms with Gasteiger partial charge in [-0.2, -0.15) is 13.2 Å². The summed E-state index contributed by atoms with van der Waals surface area (Å²) >= 11 is 0. The van der Waals surface area contributed by atoms with Gasteiger partial charge in [0.2, 0.25) is 0 Å². The first-order chi connectivity index (χ1) is 9.46. The number of piperidine rings is 1. The monoisotopic (exact) mass is 286 g/mol. The van der Waals surface area contributed by atoms with Crippen LogP contribution in [0.5, 0.6) is 0 Å². The topological polar surface area (TPSA) is 15.3 Å². The molecule has 1 N–H and O–H groups in total. The maximum atomic E-state index is 12.3. The molecule has 0 saturated carbocycles. The zero-order valence-corrected chi connectivity index (χ0v) is 11.7. The minimum Gasteiger partial charge on any atom is -0.382 e. The van der Waals surface area contributed by atoms with Gasteiger partial charge >= 0.3 is 6.18 Å². The number of rotatable bonds is 4. The maximum Gasteiger partial charge on any atom is 0.401 e. The van der Waals surface area contributed by atoms with Crippen molar-refractivity contribution in [1.29, 1.82) is 0 Å². The second-order valence-corrected chi connectivity index (χ2v) is 5.36. The van der Waals surface area contributed by atoms with E-state index in [4.69, 9.17) is 0 Å². The van der Waals surface area contributed by atoms with Crippen LogP contribution in [0.25, 0.3) is 0 Å². The molecule has 0 aromatic heterocycles. The second-order valence-electron chi connectivity index (χ2n) is 5.36. The van der Waals surface area contributed by atoms with Gasteiger partial charge in [0.05, 0.1) is 6.54 Å². The molecule has 1 fully saturated rings. The van der Waals surface area contributed by atoms with Crippen molar-refractivity contribution in [2.45, 2.75) is 38.4 Å². The summed E-state index contributed by atoms with van der Waals surface area (Å²) in [6, 6.07) is 8.49. The Balaban J connectivity index is 1.82. The van der Waals surface area contributed by atoms with Gasteiger partial charge in [0.25, 0.3) is 0 Å². The second kappa shape index (κ2) is 6.48. The summed E-state index contributed by atoms with van der Waals surface area (Å²) in [6.45, 7) is 2.33. The fraction of sp³-hybridized carbons (Fsp3) is 0.600. The first kappa shape index (κ1) is 15.2. The lowest BCUT2D eigenvalue weighted by Crippen LogP contribution is -2.43. The zero-order valence-electron chi connectivity index (χ0n) is 11.7. The minimum atomic E-state index is -4.09. The smallest absolute Gasteiger partial charge is 0.382 e. The van der Waals surface area contributed by atoms with E-state index in [-0.39, 0.29) is 6.04 Å². The molecule has 0 spiro atoms. The third-order valence-electron chi connectivity index (χ3n) is 3.70. The average molecular weight is 286 g/mol. The Morgan fingerprint density at radius 1 is 1.25 bits per heavy atom. The number of benzene rings is 1. The van der Waals surface area contributed by atoms with Crippen LogP contribution in [0.1, 0.15) is 25.3 Å². The van der Waals surface area contributed by atoms with Gasteiger partial charge in [-0.1, -0.05) is 19.1 Å². The van der Waals surface area contributed by atoms with E-state index in [2.05, 4.69) is 24.4 Å². The van der Waals surface area contributed by atoms with Gasteiger partial charge < -0.3 is 5.32 Å². The molecule has 0 radical (unpaired) electrons. The third-order valence-corrected chi connectivity index (χ3v) is 3.70. The van der Waals surface area contributed by atoms with Gasteiger partial charge in [-0.05, 0) is 37.0 Å². The van der Waals surface area contributed by atoms with Crippen molar-refractivity contribution in [2.75, 3.05) is 25.0 Å². The Morgan fingerprint density at radius 3 is 2.55 bits per heavy atom. The number of alkyl halides is 3. The van der Waals surface area contributed by atoms with Crippen molar-refractivity contribution in [3.8, 4) is 0 Å². The van der Waals surface area contributed by atoms with Crippen LogP contribution < -0.4 is 5.32 Å². The highest BCUT2D eigenvalue weighted by atomic mass is 19.4. The van der Waals surface area contributed by atoms with E-state index in [1.807, 2.05) is 12.1 Å². The Hall–Kier alpha value is -1.23. The number of likely N-dealkylation sites (tertiary alicyclic amines) is 1. The van der Waals surface area contributed by atoms with Gasteiger partial charge in [-0.15, -0.1) is 0 Å². The van der Waals surface area contributed by atoms with Crippen LogP contribution >= 0.6 is 0 Å². The normalized spacial score (nSPS) is 18.2. The molecule has 0 aliphatic carbocycles. The Morgan fingerprint density at radius 2 is 1.95 bits per heavy atom. The van der Waals surface area contributed by atoms with Crippen molar-refractivity contribution in [2.24, 2.45) is 0 Å². The van der Waals surface area contributed by atoms with Gasteiger partial charge in [-0.25, -0.2) is 0 Å². The van der Waals surface area contributed by atoms with E-state index in [1.165, 1.54) is 10.5 Å². The molecule has 1 aliphatic rings. The first-order valence-corrected chi connectivity index (χ1v) is 7.11. The molecule has 1 aromatic rings. The Bertz CT molecular complexity index is 423. The average Bonchev–Trinajstić information content (AvgIpc) is 2.40. The van der Waals surface area contributed by atoms with Crippen molar-refractivity contribution < 1.29 is 13.2 Å². The van der Waals surface area contributed by atoms with Crippen molar-refractivity contribution in [3.63, 3.8) is 0 Å². The van der Waals surface area contributed by atoms with E-state index < -0.39 is 12.7 Å². The van der Waals surface area contributed by atoms with Gasteiger partial charge in [0.15, 0.2) is 0 Å². The highest BCUT2D eigenvalue weighted by molar-refractivity contribution is 5.46. The Kier molecular flexibility index (Phi) is 4.91. The van der Waals surface area contributed by atoms with Gasteiger partial charge in [-0.3, -0.25) is 4.90 Å². The molecular formula is C15H21F3N2. The van der Waals surface area contributed by atoms with E-state index in [0.29, 0.717) is 13.1 Å². The number of anilines is 1. The molecule has 1 saturated heterocycles. The Labute approximate surface area is 118 Å². The molecule has 0 bridgehead atoms. The van der Waals surface area contributed by atoms with E-state index >= 15 is 0 Å². The van der Waals surface area contributed by atoms with Crippen LogP contribution in [0, 0.1) is 0 Å². The predicted molar refractivity (Wildman–Crippen MR) is 75.0 cm³/mol. The summed E-state index contributed by atoms with van der Waals surface area (Å²) < 4.78 is 36.9. The highest BCUT2D eigenvalue weighted by Crippen LogP contribution is 2.22. The van der Waals surface area contributed by atoms with Gasteiger partial charge in [0, 0.05) is 24.8 Å². The van der Waals surface area contributed by atoms with Crippen LogP contribution in [0.2, 0.25) is 0 Å². The molecule has 0 amide bonds. The van der Waals surface area contributed by atoms with Crippen LogP contribution in [-0.4, -0.2) is 36.8 Å². The number of hydrogen-bond acceptors (Lipinski definition) is 2. The van der Waals surface area contributed by atoms with Crippen LogP contribution in [0.3, 0.4) is 0 Å². The quantitative estimate of drug-likeness (QED) is 0.908.